The number of phosphoric acid groups is 1. The van der Waals surface area contributed by atoms with Crippen LogP contribution in [-0.2, 0) is 18.1 Å². The molecule has 0 aromatic carbocycles. The highest BCUT2D eigenvalue weighted by atomic mass is 31.2. The maximum Gasteiger partial charge on any atom is 0.474 e. The van der Waals surface area contributed by atoms with E-state index in [1.165, 1.54) is 19.8 Å². The zero-order valence-corrected chi connectivity index (χ0v) is 8.88. The molecule has 13 heavy (non-hydrogen) atoms. The Labute approximate surface area is 78.5 Å². The Balaban J connectivity index is 2.35. The molecule has 0 radical (unpaired) electrons. The van der Waals surface area contributed by atoms with E-state index in [2.05, 4.69) is 15.1 Å². The predicted octanol–water partition coefficient (Wildman–Crippen LogP) is 2.51. The van der Waals surface area contributed by atoms with E-state index in [9.17, 15) is 4.57 Å². The first-order valence-corrected chi connectivity index (χ1v) is 5.70. The highest BCUT2D eigenvalue weighted by Crippen LogP contribution is 2.48. The van der Waals surface area contributed by atoms with Crippen LogP contribution < -0.4 is 0 Å². The van der Waals surface area contributed by atoms with Crippen molar-refractivity contribution in [1.82, 2.24) is 0 Å². The molecule has 0 aliphatic heterocycles. The highest BCUT2D eigenvalue weighted by molar-refractivity contribution is 7.48. The van der Waals surface area contributed by atoms with Gasteiger partial charge in [0, 0.05) is 14.2 Å². The van der Waals surface area contributed by atoms with Gasteiger partial charge in [0.1, 0.15) is 0 Å². The molecule has 0 unspecified atom stereocenters. The van der Waals surface area contributed by atoms with Gasteiger partial charge in [-0.2, -0.15) is 0 Å². The van der Waals surface area contributed by atoms with Crippen molar-refractivity contribution in [3.63, 3.8) is 0 Å². The summed E-state index contributed by atoms with van der Waals surface area (Å²) < 4.78 is 25.7. The third kappa shape index (κ3) is 3.24. The van der Waals surface area contributed by atoms with Gasteiger partial charge in [-0.15, -0.1) is 0 Å². The molecule has 0 amide bonds. The second-order valence-electron chi connectivity index (χ2n) is 2.84. The van der Waals surface area contributed by atoms with Crippen molar-refractivity contribution in [3.05, 3.63) is 11.6 Å². The Morgan fingerprint density at radius 1 is 1.46 bits per heavy atom. The van der Waals surface area contributed by atoms with E-state index in [0.29, 0.717) is 6.61 Å². The first kappa shape index (κ1) is 10.9. The molecule has 76 valence electrons. The summed E-state index contributed by atoms with van der Waals surface area (Å²) in [5, 5.41) is 0. The van der Waals surface area contributed by atoms with Crippen molar-refractivity contribution in [3.8, 4) is 0 Å². The Kier molecular flexibility index (Phi) is 4.13. The van der Waals surface area contributed by atoms with Crippen LogP contribution in [0.5, 0.6) is 0 Å². The molecule has 0 aromatic heterocycles. The number of allylic oxidation sites excluding steroid dienone is 1. The van der Waals surface area contributed by atoms with Crippen LogP contribution in [0.2, 0.25) is 0 Å². The lowest BCUT2D eigenvalue weighted by Crippen LogP contribution is -1.98. The van der Waals surface area contributed by atoms with Gasteiger partial charge in [-0.05, 0) is 24.8 Å². The molecule has 0 saturated heterocycles. The summed E-state index contributed by atoms with van der Waals surface area (Å²) in [4.78, 5) is 0. The average Bonchev–Trinajstić information content (AvgIpc) is 2.67. The van der Waals surface area contributed by atoms with E-state index < -0.39 is 7.82 Å². The summed E-state index contributed by atoms with van der Waals surface area (Å²) >= 11 is 0. The molecule has 0 spiro atoms. The molecule has 0 saturated carbocycles. The lowest BCUT2D eigenvalue weighted by Gasteiger charge is -2.13. The van der Waals surface area contributed by atoms with Gasteiger partial charge in [0.2, 0.25) is 0 Å². The first-order chi connectivity index (χ1) is 6.20. The summed E-state index contributed by atoms with van der Waals surface area (Å²) in [6.45, 7) is 0.346. The monoisotopic (exact) mass is 206 g/mol. The third-order valence-corrected chi connectivity index (χ3v) is 3.33. The van der Waals surface area contributed by atoms with Crippen molar-refractivity contribution < 1.29 is 18.1 Å². The molecule has 0 aromatic rings. The standard InChI is InChI=1S/C8H15O4P/c1-10-13(9,11-2)12-7-8-5-3-4-6-8/h5H,3-4,6-7H2,1-2H3. The summed E-state index contributed by atoms with van der Waals surface area (Å²) in [5.41, 5.74) is 1.18. The van der Waals surface area contributed by atoms with Crippen molar-refractivity contribution in [2.75, 3.05) is 20.8 Å². The fourth-order valence-electron chi connectivity index (χ4n) is 1.21. The Hall–Kier alpha value is -0.150. The third-order valence-electron chi connectivity index (χ3n) is 1.99. The van der Waals surface area contributed by atoms with Crippen LogP contribution in [0, 0.1) is 0 Å². The summed E-state index contributed by atoms with van der Waals surface area (Å²) in [5.74, 6) is 0. The largest absolute Gasteiger partial charge is 0.474 e. The summed E-state index contributed by atoms with van der Waals surface area (Å²) in [7, 11) is -0.649. The smallest absolute Gasteiger partial charge is 0.290 e. The van der Waals surface area contributed by atoms with Gasteiger partial charge in [-0.25, -0.2) is 4.57 Å². The molecule has 0 atom stereocenters. The van der Waals surface area contributed by atoms with E-state index in [1.807, 2.05) is 0 Å². The van der Waals surface area contributed by atoms with Gasteiger partial charge in [0.25, 0.3) is 0 Å². The molecule has 1 rings (SSSR count). The second-order valence-corrected chi connectivity index (χ2v) is 4.72. The van der Waals surface area contributed by atoms with Gasteiger partial charge >= 0.3 is 7.82 Å². The van der Waals surface area contributed by atoms with Gasteiger partial charge in [-0.1, -0.05) is 6.08 Å². The van der Waals surface area contributed by atoms with Crippen LogP contribution in [0.1, 0.15) is 19.3 Å². The summed E-state index contributed by atoms with van der Waals surface area (Å²) in [6.07, 6.45) is 5.37. The molecule has 5 heteroatoms. The topological polar surface area (TPSA) is 44.8 Å². The molecule has 1 aliphatic carbocycles. The molecule has 1 aliphatic rings. The van der Waals surface area contributed by atoms with Crippen molar-refractivity contribution in [1.29, 1.82) is 0 Å². The maximum atomic E-state index is 11.4. The minimum Gasteiger partial charge on any atom is -0.290 e. The minimum atomic E-state index is -3.27. The SMILES string of the molecule is COP(=O)(OC)OCC1=CCCC1. The second kappa shape index (κ2) is 4.91. The van der Waals surface area contributed by atoms with Crippen LogP contribution in [0.3, 0.4) is 0 Å². The van der Waals surface area contributed by atoms with E-state index in [4.69, 9.17) is 4.52 Å². The lowest BCUT2D eigenvalue weighted by atomic mass is 10.2. The highest BCUT2D eigenvalue weighted by Gasteiger charge is 2.23. The molecule has 0 fully saturated rings. The van der Waals surface area contributed by atoms with E-state index in [0.717, 1.165) is 19.3 Å². The number of hydrogen-bond acceptors (Lipinski definition) is 4. The molecule has 4 nitrogen and oxygen atoms in total. The molecular formula is C8H15O4P. The van der Waals surface area contributed by atoms with Crippen LogP contribution in [0.4, 0.5) is 0 Å². The predicted molar refractivity (Wildman–Crippen MR) is 49.5 cm³/mol. The van der Waals surface area contributed by atoms with Gasteiger partial charge in [0.15, 0.2) is 0 Å². The molecule has 0 heterocycles. The summed E-state index contributed by atoms with van der Waals surface area (Å²) in [6, 6.07) is 0. The van der Waals surface area contributed by atoms with E-state index in [-0.39, 0.29) is 0 Å². The van der Waals surface area contributed by atoms with E-state index >= 15 is 0 Å². The van der Waals surface area contributed by atoms with Gasteiger partial charge in [0.05, 0.1) is 6.61 Å². The quantitative estimate of drug-likeness (QED) is 0.512. The Morgan fingerprint density at radius 3 is 2.62 bits per heavy atom. The fourth-order valence-corrected chi connectivity index (χ4v) is 1.89. The lowest BCUT2D eigenvalue weighted by molar-refractivity contribution is 0.161. The van der Waals surface area contributed by atoms with Crippen molar-refractivity contribution in [2.45, 2.75) is 19.3 Å². The Morgan fingerprint density at radius 2 is 2.15 bits per heavy atom. The van der Waals surface area contributed by atoms with Gasteiger partial charge < -0.3 is 0 Å². The molecule has 0 bridgehead atoms. The normalized spacial score (nSPS) is 17.5. The fraction of sp³-hybridized carbons (Fsp3) is 0.750. The molecular weight excluding hydrogens is 191 g/mol. The average molecular weight is 206 g/mol. The van der Waals surface area contributed by atoms with Crippen LogP contribution in [0.25, 0.3) is 0 Å². The number of hydrogen-bond donors (Lipinski definition) is 0. The number of rotatable bonds is 5. The number of phosphoric ester groups is 1. The molecule has 0 N–H and O–H groups in total. The Bertz CT molecular complexity index is 228. The van der Waals surface area contributed by atoms with Crippen molar-refractivity contribution >= 4 is 7.82 Å². The van der Waals surface area contributed by atoms with Crippen LogP contribution >= 0.6 is 7.82 Å². The zero-order chi connectivity index (χ0) is 9.73. The maximum absolute atomic E-state index is 11.4. The van der Waals surface area contributed by atoms with Crippen molar-refractivity contribution in [2.24, 2.45) is 0 Å². The van der Waals surface area contributed by atoms with Crippen LogP contribution in [-0.4, -0.2) is 20.8 Å². The first-order valence-electron chi connectivity index (χ1n) is 4.24. The zero-order valence-electron chi connectivity index (χ0n) is 7.99. The van der Waals surface area contributed by atoms with E-state index in [1.54, 1.807) is 0 Å². The van der Waals surface area contributed by atoms with Gasteiger partial charge in [-0.3, -0.25) is 13.6 Å². The van der Waals surface area contributed by atoms with Crippen LogP contribution in [0.15, 0.2) is 11.6 Å². The minimum absolute atomic E-state index is 0.346.